The maximum atomic E-state index is 15.6. The second kappa shape index (κ2) is 21.7. The number of aliphatic hydroxyl groups is 2. The highest BCUT2D eigenvalue weighted by Gasteiger charge is 2.65. The van der Waals surface area contributed by atoms with Crippen LogP contribution < -0.4 is 9.47 Å². The smallest absolute Gasteiger partial charge is 0.254 e. The molecular formula is C56H59N3O7. The Hall–Kier alpha value is -6.51. The van der Waals surface area contributed by atoms with Gasteiger partial charge in [0.2, 0.25) is 5.79 Å². The molecule has 66 heavy (non-hydrogen) atoms. The quantitative estimate of drug-likeness (QED) is 0.0423. The zero-order valence-electron chi connectivity index (χ0n) is 37.5. The van der Waals surface area contributed by atoms with Crippen molar-refractivity contribution in [3.8, 4) is 17.6 Å². The van der Waals surface area contributed by atoms with Gasteiger partial charge in [-0.1, -0.05) is 116 Å². The van der Waals surface area contributed by atoms with Crippen LogP contribution in [0.15, 0.2) is 157 Å². The van der Waals surface area contributed by atoms with E-state index in [1.54, 1.807) is 36.4 Å². The van der Waals surface area contributed by atoms with E-state index in [1.807, 2.05) is 65.6 Å². The molecule has 0 spiro atoms. The number of rotatable bonds is 21. The van der Waals surface area contributed by atoms with Gasteiger partial charge in [-0.05, 0) is 107 Å². The van der Waals surface area contributed by atoms with Gasteiger partial charge in [-0.3, -0.25) is 4.79 Å². The monoisotopic (exact) mass is 885 g/mol. The minimum Gasteiger partial charge on any atom is -0.490 e. The Kier molecular flexibility index (Phi) is 15.1. The van der Waals surface area contributed by atoms with E-state index in [1.165, 1.54) is 0 Å². The third kappa shape index (κ3) is 9.70. The Morgan fingerprint density at radius 2 is 1.62 bits per heavy atom. The van der Waals surface area contributed by atoms with Crippen molar-refractivity contribution in [3.05, 3.63) is 180 Å². The number of allylic oxidation sites excluding steroid dienone is 1. The van der Waals surface area contributed by atoms with Crippen LogP contribution in [0.5, 0.6) is 11.5 Å². The van der Waals surface area contributed by atoms with Crippen molar-refractivity contribution in [1.82, 2.24) is 4.90 Å². The van der Waals surface area contributed by atoms with Crippen LogP contribution in [0.1, 0.15) is 83.5 Å². The van der Waals surface area contributed by atoms with Gasteiger partial charge in [-0.15, -0.1) is 6.58 Å². The van der Waals surface area contributed by atoms with Crippen LogP contribution in [-0.4, -0.2) is 65.0 Å². The second-order valence-corrected chi connectivity index (χ2v) is 17.4. The molecule has 0 aromatic heterocycles. The number of nitriles is 1. The summed E-state index contributed by atoms with van der Waals surface area (Å²) in [5, 5.41) is 36.8. The second-order valence-electron chi connectivity index (χ2n) is 17.4. The summed E-state index contributed by atoms with van der Waals surface area (Å²) in [5.74, 6) is -1.04. The average Bonchev–Trinajstić information content (AvgIpc) is 3.35. The van der Waals surface area contributed by atoms with Gasteiger partial charge in [0.05, 0.1) is 29.9 Å². The van der Waals surface area contributed by atoms with Crippen molar-refractivity contribution in [2.45, 2.75) is 75.8 Å². The number of hydrogen-bond donors (Lipinski definition) is 2. The van der Waals surface area contributed by atoms with E-state index in [-0.39, 0.29) is 63.1 Å². The first-order chi connectivity index (χ1) is 32.4. The van der Waals surface area contributed by atoms with Crippen LogP contribution in [0.3, 0.4) is 0 Å². The van der Waals surface area contributed by atoms with Crippen LogP contribution in [0.4, 0.5) is 0 Å². The molecule has 6 atom stereocenters. The maximum absolute atomic E-state index is 15.6. The average molecular weight is 886 g/mol. The van der Waals surface area contributed by atoms with Gasteiger partial charge in [0.25, 0.3) is 5.91 Å². The summed E-state index contributed by atoms with van der Waals surface area (Å²) in [4.78, 5) is 23.8. The van der Waals surface area contributed by atoms with E-state index in [2.05, 4.69) is 55.6 Å². The number of nitrogens with zero attached hydrogens (tertiary/aromatic N) is 3. The number of unbranched alkanes of at least 4 members (excludes halogenated alkanes) is 2. The van der Waals surface area contributed by atoms with Gasteiger partial charge in [0.15, 0.2) is 0 Å². The van der Waals surface area contributed by atoms with Gasteiger partial charge in [0.1, 0.15) is 30.8 Å². The fourth-order valence-corrected chi connectivity index (χ4v) is 10.4. The number of amides is 1. The molecule has 0 radical (unpaired) electrons. The molecule has 10 nitrogen and oxygen atoms in total. The zero-order chi connectivity index (χ0) is 45.9. The fraction of sp³-hybridized carbons (Fsp3) is 0.339. The van der Waals surface area contributed by atoms with Crippen LogP contribution in [0, 0.1) is 29.1 Å². The summed E-state index contributed by atoms with van der Waals surface area (Å²) < 4.78 is 20.9. The third-order valence-corrected chi connectivity index (χ3v) is 13.4. The Morgan fingerprint density at radius 3 is 2.38 bits per heavy atom. The van der Waals surface area contributed by atoms with Gasteiger partial charge >= 0.3 is 0 Å². The van der Waals surface area contributed by atoms with Crippen molar-refractivity contribution in [3.63, 3.8) is 0 Å². The predicted octanol–water partition coefficient (Wildman–Crippen LogP) is 10.5. The van der Waals surface area contributed by atoms with Gasteiger partial charge in [0, 0.05) is 43.2 Å². The number of hydrogen-bond acceptors (Lipinski definition) is 9. The number of ether oxygens (including phenoxy) is 3. The first-order valence-corrected chi connectivity index (χ1v) is 23.2. The molecule has 1 amide bonds. The predicted molar refractivity (Wildman–Crippen MR) is 257 cm³/mol. The Bertz CT molecular complexity index is 2580. The number of oxime groups is 1. The van der Waals surface area contributed by atoms with Crippen molar-refractivity contribution in [2.75, 3.05) is 26.4 Å². The van der Waals surface area contributed by atoms with Gasteiger partial charge in [-0.2, -0.15) is 5.26 Å². The summed E-state index contributed by atoms with van der Waals surface area (Å²) in [7, 11) is 0. The Labute approximate surface area is 388 Å². The van der Waals surface area contributed by atoms with Crippen molar-refractivity contribution in [2.24, 2.45) is 22.9 Å². The number of aliphatic hydroxyl groups excluding tert-OH is 2. The minimum absolute atomic E-state index is 0.0407. The van der Waals surface area contributed by atoms with E-state index < -0.39 is 17.7 Å². The van der Waals surface area contributed by atoms with Crippen LogP contribution in [0.25, 0.3) is 10.8 Å². The van der Waals surface area contributed by atoms with Crippen LogP contribution >= 0.6 is 0 Å². The molecular weight excluding hydrogens is 827 g/mol. The lowest BCUT2D eigenvalue weighted by Crippen LogP contribution is -2.70. The molecule has 0 bridgehead atoms. The largest absolute Gasteiger partial charge is 0.490 e. The molecule has 0 saturated heterocycles. The number of benzene rings is 5. The molecule has 3 aliphatic rings. The van der Waals surface area contributed by atoms with Gasteiger partial charge < -0.3 is 34.2 Å². The van der Waals surface area contributed by atoms with E-state index >= 15 is 4.79 Å². The highest BCUT2D eigenvalue weighted by molar-refractivity contribution is 6.03. The van der Waals surface area contributed by atoms with Crippen molar-refractivity contribution < 1.29 is 34.1 Å². The molecule has 1 heterocycles. The molecule has 10 heteroatoms. The first kappa shape index (κ1) is 46.0. The third-order valence-electron chi connectivity index (χ3n) is 13.4. The Balaban J connectivity index is 1.38. The fourth-order valence-electron chi connectivity index (χ4n) is 10.4. The van der Waals surface area contributed by atoms with Crippen molar-refractivity contribution >= 4 is 22.4 Å². The van der Waals surface area contributed by atoms with E-state index in [0.29, 0.717) is 47.8 Å². The molecule has 1 fully saturated rings. The Morgan fingerprint density at radius 1 is 0.879 bits per heavy atom. The van der Waals surface area contributed by atoms with Crippen molar-refractivity contribution in [1.29, 1.82) is 5.26 Å². The zero-order valence-corrected chi connectivity index (χ0v) is 37.5. The molecule has 2 aliphatic carbocycles. The summed E-state index contributed by atoms with van der Waals surface area (Å²) in [5.41, 5.74) is 5.39. The summed E-state index contributed by atoms with van der Waals surface area (Å²) in [6.07, 6.45) is 10.6. The topological polar surface area (TPSA) is 134 Å². The highest BCUT2D eigenvalue weighted by Crippen LogP contribution is 2.62. The molecule has 1 aliphatic heterocycles. The molecule has 2 N–H and O–H groups in total. The maximum Gasteiger partial charge on any atom is 0.254 e. The van der Waals surface area contributed by atoms with E-state index in [0.717, 1.165) is 58.7 Å². The number of fused-ring (bicyclic) bond motifs is 3. The molecule has 5 aromatic rings. The SMILES string of the molecule is C=CCOc1ccc2c(c1)C1C(CCCCO)C(CCCCO)C=C3C(=NOCc4ccccc4)CC(N(Cc4cccc5ccccc45)C(=O)c4ccc(C#N)cc4)C(OCC=C)(O2)C31. The van der Waals surface area contributed by atoms with E-state index in [9.17, 15) is 15.5 Å². The summed E-state index contributed by atoms with van der Waals surface area (Å²) >= 11 is 0. The molecule has 8 rings (SSSR count). The van der Waals surface area contributed by atoms with E-state index in [4.69, 9.17) is 24.2 Å². The highest BCUT2D eigenvalue weighted by atomic mass is 16.7. The summed E-state index contributed by atoms with van der Waals surface area (Å²) in [6.45, 7) is 9.06. The molecule has 1 saturated carbocycles. The molecule has 5 aromatic carbocycles. The lowest BCUT2D eigenvalue weighted by Gasteiger charge is -2.60. The normalized spacial score (nSPS) is 22.2. The van der Waals surface area contributed by atoms with Gasteiger partial charge in [-0.25, -0.2) is 0 Å². The minimum atomic E-state index is -1.47. The van der Waals surface area contributed by atoms with Crippen LogP contribution in [0.2, 0.25) is 0 Å². The number of carbonyl (C=O) groups excluding carboxylic acids is 1. The first-order valence-electron chi connectivity index (χ1n) is 23.2. The molecule has 340 valence electrons. The number of carbonyl (C=O) groups is 1. The molecule has 6 unspecified atom stereocenters. The summed E-state index contributed by atoms with van der Waals surface area (Å²) in [6, 6.07) is 38.3. The lowest BCUT2D eigenvalue weighted by atomic mass is 9.55. The lowest BCUT2D eigenvalue weighted by molar-refractivity contribution is -0.255. The van der Waals surface area contributed by atoms with Crippen LogP contribution in [-0.2, 0) is 22.7 Å². The standard InChI is InChI=1S/C56H59N3O7/c1-3-31-63-45-27-28-51-49(34-45)53-47(22-11-13-30-61)43(18-10-12-29-60)33-48-50(58-65-38-40-15-6-5-7-16-40)35-52(56(66-51,54(48)53)64-32-4-2)59(55(62)42-25-23-39(36-57)24-26-42)37-44-20-14-19-41-17-8-9-21-46(41)44/h3-9,14-17,19-21,23-28,33-34,43,47,52-54,60-61H,1-2,10-13,18,22,29-32,35,37-38H2.